The van der Waals surface area contributed by atoms with Crippen molar-refractivity contribution in [2.24, 2.45) is 0 Å². The van der Waals surface area contributed by atoms with E-state index >= 15 is 0 Å². The van der Waals surface area contributed by atoms with Gasteiger partial charge in [0.05, 0.1) is 5.56 Å². The summed E-state index contributed by atoms with van der Waals surface area (Å²) < 4.78 is 0. The summed E-state index contributed by atoms with van der Waals surface area (Å²) in [6.45, 7) is 12.1. The van der Waals surface area contributed by atoms with E-state index in [-0.39, 0.29) is 5.41 Å². The number of hydrogen-bond acceptors (Lipinski definition) is 1. The molecule has 0 spiro atoms. The Morgan fingerprint density at radius 3 is 2.00 bits per heavy atom. The lowest BCUT2D eigenvalue weighted by Crippen LogP contribution is -2.12. The van der Waals surface area contributed by atoms with Gasteiger partial charge < -0.3 is 5.11 Å². The molecule has 0 fully saturated rings. The highest BCUT2D eigenvalue weighted by atomic mass is 16.4. The molecule has 0 heterocycles. The lowest BCUT2D eigenvalue weighted by Gasteiger charge is -2.20. The number of aryl methyl sites for hydroxylation is 1. The van der Waals surface area contributed by atoms with E-state index in [4.69, 9.17) is 5.11 Å². The van der Waals surface area contributed by atoms with Crippen molar-refractivity contribution in [2.45, 2.75) is 47.0 Å². The van der Waals surface area contributed by atoms with Crippen LogP contribution in [0.1, 0.15) is 56.1 Å². The predicted molar refractivity (Wildman–Crippen MR) is 68.2 cm³/mol. The molecule has 0 saturated carbocycles. The Kier molecular flexibility index (Phi) is 5.22. The van der Waals surface area contributed by atoms with Gasteiger partial charge in [0.15, 0.2) is 0 Å². The third kappa shape index (κ3) is 4.05. The zero-order valence-corrected chi connectivity index (χ0v) is 11.1. The number of carboxylic acid groups (broad SMARTS) is 1. The first-order valence-corrected chi connectivity index (χ1v) is 5.66. The fourth-order valence-electron chi connectivity index (χ4n) is 1.34. The van der Waals surface area contributed by atoms with Gasteiger partial charge in [0.25, 0.3) is 0 Å². The molecule has 90 valence electrons. The van der Waals surface area contributed by atoms with Crippen LogP contribution in [0.4, 0.5) is 0 Å². The zero-order chi connectivity index (χ0) is 12.9. The molecule has 0 aliphatic heterocycles. The minimum Gasteiger partial charge on any atom is -0.478 e. The molecule has 1 aromatic rings. The van der Waals surface area contributed by atoms with Crippen LogP contribution in [0.3, 0.4) is 0 Å². The summed E-state index contributed by atoms with van der Waals surface area (Å²) in [4.78, 5) is 10.8. The summed E-state index contributed by atoms with van der Waals surface area (Å²) in [6, 6.07) is 5.47. The summed E-state index contributed by atoms with van der Waals surface area (Å²) in [5.41, 5.74) is 2.43. The Bertz CT molecular complexity index is 359. The number of aromatic carboxylic acids is 1. The highest BCUT2D eigenvalue weighted by Gasteiger charge is 2.16. The molecule has 0 bridgehead atoms. The minimum absolute atomic E-state index is 0.00375. The fraction of sp³-hybridized carbons (Fsp3) is 0.500. The van der Waals surface area contributed by atoms with Crippen LogP contribution in [0.15, 0.2) is 18.2 Å². The summed E-state index contributed by atoms with van der Waals surface area (Å²) in [5.74, 6) is -0.862. The molecular formula is C14H22O2. The van der Waals surface area contributed by atoms with Gasteiger partial charge in [-0.15, -0.1) is 0 Å². The van der Waals surface area contributed by atoms with E-state index in [1.165, 1.54) is 0 Å². The Morgan fingerprint density at radius 1 is 1.12 bits per heavy atom. The molecule has 0 saturated heterocycles. The number of carboxylic acids is 1. The van der Waals surface area contributed by atoms with Crippen molar-refractivity contribution in [3.05, 3.63) is 34.9 Å². The Labute approximate surface area is 98.3 Å². The van der Waals surface area contributed by atoms with Crippen LogP contribution < -0.4 is 0 Å². The molecule has 0 atom stereocenters. The second-order valence-corrected chi connectivity index (χ2v) is 4.64. The van der Waals surface area contributed by atoms with E-state index in [0.29, 0.717) is 5.56 Å². The third-order valence-electron chi connectivity index (χ3n) is 2.19. The molecule has 0 aromatic heterocycles. The van der Waals surface area contributed by atoms with Crippen molar-refractivity contribution in [2.75, 3.05) is 0 Å². The van der Waals surface area contributed by atoms with Gasteiger partial charge in [-0.2, -0.15) is 0 Å². The average molecular weight is 222 g/mol. The zero-order valence-electron chi connectivity index (χ0n) is 11.1. The normalized spacial score (nSPS) is 10.4. The SMILES string of the molecule is CC.Cc1cc(C(=O)O)cc(C(C)(C)C)c1. The molecule has 0 aliphatic rings. The van der Waals surface area contributed by atoms with Gasteiger partial charge in [-0.3, -0.25) is 0 Å². The predicted octanol–water partition coefficient (Wildman–Crippen LogP) is 4.02. The summed E-state index contributed by atoms with van der Waals surface area (Å²) in [7, 11) is 0. The highest BCUT2D eigenvalue weighted by molar-refractivity contribution is 5.88. The highest BCUT2D eigenvalue weighted by Crippen LogP contribution is 2.24. The van der Waals surface area contributed by atoms with Gasteiger partial charge in [0.2, 0.25) is 0 Å². The average Bonchev–Trinajstić information content (AvgIpc) is 2.18. The first kappa shape index (κ1) is 14.7. The second-order valence-electron chi connectivity index (χ2n) is 4.64. The van der Waals surface area contributed by atoms with Crippen molar-refractivity contribution in [3.63, 3.8) is 0 Å². The van der Waals surface area contributed by atoms with E-state index in [1.54, 1.807) is 12.1 Å². The molecule has 1 rings (SSSR count). The lowest BCUT2D eigenvalue weighted by molar-refractivity contribution is 0.0696. The number of rotatable bonds is 1. The van der Waals surface area contributed by atoms with E-state index in [1.807, 2.05) is 26.8 Å². The van der Waals surface area contributed by atoms with Gasteiger partial charge in [0.1, 0.15) is 0 Å². The molecule has 0 radical (unpaired) electrons. The molecule has 0 aliphatic carbocycles. The molecule has 16 heavy (non-hydrogen) atoms. The quantitative estimate of drug-likeness (QED) is 0.779. The van der Waals surface area contributed by atoms with Gasteiger partial charge in [-0.1, -0.05) is 40.7 Å². The number of carbonyl (C=O) groups is 1. The number of hydrogen-bond donors (Lipinski definition) is 1. The maximum atomic E-state index is 10.8. The van der Waals surface area contributed by atoms with Gasteiger partial charge in [-0.05, 0) is 35.6 Å². The van der Waals surface area contributed by atoms with Crippen LogP contribution >= 0.6 is 0 Å². The third-order valence-corrected chi connectivity index (χ3v) is 2.19. The molecule has 1 N–H and O–H groups in total. The van der Waals surface area contributed by atoms with Crippen molar-refractivity contribution < 1.29 is 9.90 Å². The largest absolute Gasteiger partial charge is 0.478 e. The van der Waals surface area contributed by atoms with Gasteiger partial charge in [-0.25, -0.2) is 4.79 Å². The summed E-state index contributed by atoms with van der Waals surface area (Å²) in [5, 5.41) is 8.90. The van der Waals surface area contributed by atoms with Gasteiger partial charge in [0, 0.05) is 0 Å². The molecule has 0 unspecified atom stereocenters. The Hall–Kier alpha value is -1.31. The topological polar surface area (TPSA) is 37.3 Å². The number of benzene rings is 1. The smallest absolute Gasteiger partial charge is 0.335 e. The maximum Gasteiger partial charge on any atom is 0.335 e. The van der Waals surface area contributed by atoms with Gasteiger partial charge >= 0.3 is 5.97 Å². The van der Waals surface area contributed by atoms with Crippen molar-refractivity contribution in [1.29, 1.82) is 0 Å². The molecular weight excluding hydrogens is 200 g/mol. The van der Waals surface area contributed by atoms with E-state index in [0.717, 1.165) is 11.1 Å². The van der Waals surface area contributed by atoms with Crippen LogP contribution in [0.25, 0.3) is 0 Å². The van der Waals surface area contributed by atoms with Crippen molar-refractivity contribution in [1.82, 2.24) is 0 Å². The van der Waals surface area contributed by atoms with Crippen LogP contribution in [-0.4, -0.2) is 11.1 Å². The monoisotopic (exact) mass is 222 g/mol. The summed E-state index contributed by atoms with van der Waals surface area (Å²) in [6.07, 6.45) is 0. The fourth-order valence-corrected chi connectivity index (χ4v) is 1.34. The van der Waals surface area contributed by atoms with E-state index in [2.05, 4.69) is 20.8 Å². The van der Waals surface area contributed by atoms with Crippen LogP contribution in [0.5, 0.6) is 0 Å². The van der Waals surface area contributed by atoms with E-state index in [9.17, 15) is 4.79 Å². The maximum absolute atomic E-state index is 10.8. The van der Waals surface area contributed by atoms with Crippen LogP contribution in [0, 0.1) is 6.92 Å². The van der Waals surface area contributed by atoms with Crippen molar-refractivity contribution >= 4 is 5.97 Å². The summed E-state index contributed by atoms with van der Waals surface area (Å²) >= 11 is 0. The Balaban J connectivity index is 0.00000106. The first-order chi connectivity index (χ1) is 7.30. The molecule has 0 amide bonds. The molecule has 1 aromatic carbocycles. The van der Waals surface area contributed by atoms with Crippen LogP contribution in [-0.2, 0) is 5.41 Å². The molecule has 2 nitrogen and oxygen atoms in total. The molecule has 2 heteroatoms. The standard InChI is InChI=1S/C12H16O2.C2H6/c1-8-5-9(11(13)14)7-10(6-8)12(2,3)4;1-2/h5-7H,1-4H3,(H,13,14);1-2H3. The van der Waals surface area contributed by atoms with Crippen molar-refractivity contribution in [3.8, 4) is 0 Å². The first-order valence-electron chi connectivity index (χ1n) is 5.66. The van der Waals surface area contributed by atoms with Crippen LogP contribution in [0.2, 0.25) is 0 Å². The second kappa shape index (κ2) is 5.69. The van der Waals surface area contributed by atoms with E-state index < -0.39 is 5.97 Å². The Morgan fingerprint density at radius 2 is 1.62 bits per heavy atom. The minimum atomic E-state index is -0.862. The lowest BCUT2D eigenvalue weighted by atomic mass is 9.85.